The standard InChI is InChI=1S/C27H26N2O/c1-4-10-24(19(3)30)25-18(2)28-27(21-12-6-5-7-13-21)29-26(25)23-16-15-20-11-8-9-14-22(20)17-23/h5-9,11-17,24H,4,10H2,1-3H3. The molecule has 1 atom stereocenters. The predicted octanol–water partition coefficient (Wildman–Crippen LogP) is 6.74. The van der Waals surface area contributed by atoms with Crippen LogP contribution in [0.2, 0.25) is 0 Å². The van der Waals surface area contributed by atoms with Gasteiger partial charge in [0.05, 0.1) is 5.69 Å². The van der Waals surface area contributed by atoms with E-state index in [1.165, 1.54) is 5.39 Å². The molecule has 0 saturated carbocycles. The topological polar surface area (TPSA) is 42.9 Å². The van der Waals surface area contributed by atoms with Gasteiger partial charge in [-0.1, -0.05) is 80.1 Å². The molecule has 0 bridgehead atoms. The number of rotatable bonds is 6. The molecule has 0 spiro atoms. The number of nitrogens with zero attached hydrogens (tertiary/aromatic N) is 2. The molecule has 4 rings (SSSR count). The normalized spacial score (nSPS) is 12.1. The van der Waals surface area contributed by atoms with E-state index >= 15 is 0 Å². The van der Waals surface area contributed by atoms with Crippen molar-refractivity contribution in [2.45, 2.75) is 39.5 Å². The summed E-state index contributed by atoms with van der Waals surface area (Å²) in [6, 6.07) is 24.7. The van der Waals surface area contributed by atoms with Gasteiger partial charge in [0, 0.05) is 28.3 Å². The van der Waals surface area contributed by atoms with E-state index in [9.17, 15) is 4.79 Å². The number of aryl methyl sites for hydroxylation is 1. The quantitative estimate of drug-likeness (QED) is 0.363. The highest BCUT2D eigenvalue weighted by Crippen LogP contribution is 2.35. The number of Topliss-reactive ketones (excluding diaryl/α,β-unsaturated/α-hetero) is 1. The first-order chi connectivity index (χ1) is 14.6. The summed E-state index contributed by atoms with van der Waals surface area (Å²) < 4.78 is 0. The molecule has 0 amide bonds. The van der Waals surface area contributed by atoms with E-state index in [-0.39, 0.29) is 11.7 Å². The highest BCUT2D eigenvalue weighted by molar-refractivity contribution is 5.90. The summed E-state index contributed by atoms with van der Waals surface area (Å²) in [7, 11) is 0. The summed E-state index contributed by atoms with van der Waals surface area (Å²) in [5, 5.41) is 2.35. The number of carbonyl (C=O) groups is 1. The SMILES string of the molecule is CCCC(C(C)=O)c1c(C)nc(-c2ccccc2)nc1-c1ccc2ccccc2c1. The van der Waals surface area contributed by atoms with E-state index < -0.39 is 0 Å². The molecular formula is C27H26N2O. The summed E-state index contributed by atoms with van der Waals surface area (Å²) in [6.45, 7) is 5.79. The molecule has 1 unspecified atom stereocenters. The third-order valence-electron chi connectivity index (χ3n) is 5.61. The fourth-order valence-corrected chi connectivity index (χ4v) is 4.11. The van der Waals surface area contributed by atoms with Crippen LogP contribution in [0.1, 0.15) is 43.9 Å². The smallest absolute Gasteiger partial charge is 0.160 e. The van der Waals surface area contributed by atoms with Gasteiger partial charge in [-0.15, -0.1) is 0 Å². The Hall–Kier alpha value is -3.33. The third kappa shape index (κ3) is 3.88. The first-order valence-electron chi connectivity index (χ1n) is 10.5. The first kappa shape index (κ1) is 20.0. The van der Waals surface area contributed by atoms with Crippen LogP contribution >= 0.6 is 0 Å². The molecule has 0 N–H and O–H groups in total. The highest BCUT2D eigenvalue weighted by atomic mass is 16.1. The number of hydrogen-bond donors (Lipinski definition) is 0. The minimum atomic E-state index is -0.193. The minimum Gasteiger partial charge on any atom is -0.299 e. The molecule has 0 saturated heterocycles. The number of benzene rings is 3. The Labute approximate surface area is 177 Å². The van der Waals surface area contributed by atoms with Gasteiger partial charge in [0.15, 0.2) is 5.82 Å². The summed E-state index contributed by atoms with van der Waals surface area (Å²) in [4.78, 5) is 22.4. The molecule has 30 heavy (non-hydrogen) atoms. The Bertz CT molecular complexity index is 1200. The van der Waals surface area contributed by atoms with E-state index in [0.717, 1.165) is 46.3 Å². The molecule has 0 radical (unpaired) electrons. The van der Waals surface area contributed by atoms with Gasteiger partial charge in [0.1, 0.15) is 5.78 Å². The summed E-state index contributed by atoms with van der Waals surface area (Å²) in [6.07, 6.45) is 1.73. The second-order valence-corrected chi connectivity index (χ2v) is 7.77. The molecule has 0 aliphatic rings. The van der Waals surface area contributed by atoms with Crippen LogP contribution in [0, 0.1) is 6.92 Å². The Morgan fingerprint density at radius 3 is 2.27 bits per heavy atom. The van der Waals surface area contributed by atoms with Gasteiger partial charge >= 0.3 is 0 Å². The van der Waals surface area contributed by atoms with Crippen molar-refractivity contribution in [3.63, 3.8) is 0 Å². The van der Waals surface area contributed by atoms with Crippen LogP contribution in [0.3, 0.4) is 0 Å². The average molecular weight is 395 g/mol. The van der Waals surface area contributed by atoms with E-state index in [1.807, 2.05) is 49.4 Å². The Kier molecular flexibility index (Phi) is 5.71. The third-order valence-corrected chi connectivity index (χ3v) is 5.61. The molecule has 4 aromatic rings. The van der Waals surface area contributed by atoms with E-state index in [4.69, 9.17) is 9.97 Å². The maximum Gasteiger partial charge on any atom is 0.160 e. The van der Waals surface area contributed by atoms with E-state index in [2.05, 4.69) is 37.3 Å². The fourth-order valence-electron chi connectivity index (χ4n) is 4.11. The van der Waals surface area contributed by atoms with Gasteiger partial charge in [-0.2, -0.15) is 0 Å². The van der Waals surface area contributed by atoms with Gasteiger partial charge in [-0.25, -0.2) is 9.97 Å². The molecule has 3 nitrogen and oxygen atoms in total. The van der Waals surface area contributed by atoms with Crippen molar-refractivity contribution in [2.75, 3.05) is 0 Å². The lowest BCUT2D eigenvalue weighted by Gasteiger charge is -2.20. The average Bonchev–Trinajstić information content (AvgIpc) is 2.77. The molecule has 1 heterocycles. The number of ketones is 1. The van der Waals surface area contributed by atoms with Gasteiger partial charge in [-0.3, -0.25) is 4.79 Å². The van der Waals surface area contributed by atoms with Crippen molar-refractivity contribution in [1.29, 1.82) is 0 Å². The lowest BCUT2D eigenvalue weighted by atomic mass is 9.86. The van der Waals surface area contributed by atoms with E-state index in [0.29, 0.717) is 5.82 Å². The van der Waals surface area contributed by atoms with Crippen LogP contribution < -0.4 is 0 Å². The van der Waals surface area contributed by atoms with Crippen LogP contribution in [-0.2, 0) is 4.79 Å². The second kappa shape index (κ2) is 8.58. The van der Waals surface area contributed by atoms with Gasteiger partial charge < -0.3 is 0 Å². The molecule has 3 heteroatoms. The maximum absolute atomic E-state index is 12.6. The van der Waals surface area contributed by atoms with Crippen LogP contribution in [0.25, 0.3) is 33.4 Å². The van der Waals surface area contributed by atoms with Crippen molar-refractivity contribution in [3.8, 4) is 22.6 Å². The van der Waals surface area contributed by atoms with Crippen LogP contribution in [0.5, 0.6) is 0 Å². The molecule has 3 aromatic carbocycles. The summed E-state index contributed by atoms with van der Waals surface area (Å²) in [5.74, 6) is 0.665. The zero-order chi connectivity index (χ0) is 21.1. The molecule has 150 valence electrons. The van der Waals surface area contributed by atoms with Gasteiger partial charge in [0.25, 0.3) is 0 Å². The lowest BCUT2D eigenvalue weighted by molar-refractivity contribution is -0.118. The zero-order valence-electron chi connectivity index (χ0n) is 17.7. The van der Waals surface area contributed by atoms with Crippen LogP contribution in [-0.4, -0.2) is 15.8 Å². The fraction of sp³-hybridized carbons (Fsp3) is 0.222. The van der Waals surface area contributed by atoms with E-state index in [1.54, 1.807) is 6.92 Å². The largest absolute Gasteiger partial charge is 0.299 e. The molecular weight excluding hydrogens is 368 g/mol. The molecule has 0 fully saturated rings. The van der Waals surface area contributed by atoms with Crippen molar-refractivity contribution in [2.24, 2.45) is 0 Å². The van der Waals surface area contributed by atoms with Crippen LogP contribution in [0.15, 0.2) is 72.8 Å². The zero-order valence-corrected chi connectivity index (χ0v) is 17.7. The Balaban J connectivity index is 1.98. The molecule has 0 aliphatic carbocycles. The first-order valence-corrected chi connectivity index (χ1v) is 10.5. The monoisotopic (exact) mass is 394 g/mol. The summed E-state index contributed by atoms with van der Waals surface area (Å²) >= 11 is 0. The molecule has 0 aliphatic heterocycles. The number of aromatic nitrogens is 2. The number of fused-ring (bicyclic) bond motifs is 1. The van der Waals surface area contributed by atoms with Crippen LogP contribution in [0.4, 0.5) is 0 Å². The lowest BCUT2D eigenvalue weighted by Crippen LogP contribution is -2.14. The van der Waals surface area contributed by atoms with Crippen molar-refractivity contribution < 1.29 is 4.79 Å². The number of hydrogen-bond acceptors (Lipinski definition) is 3. The predicted molar refractivity (Wildman–Crippen MR) is 123 cm³/mol. The molecule has 1 aromatic heterocycles. The highest BCUT2D eigenvalue weighted by Gasteiger charge is 2.25. The second-order valence-electron chi connectivity index (χ2n) is 7.77. The summed E-state index contributed by atoms with van der Waals surface area (Å²) in [5.41, 5.74) is 4.69. The van der Waals surface area contributed by atoms with Gasteiger partial charge in [-0.05, 0) is 37.1 Å². The van der Waals surface area contributed by atoms with Crippen molar-refractivity contribution >= 4 is 16.6 Å². The maximum atomic E-state index is 12.6. The Morgan fingerprint density at radius 1 is 0.867 bits per heavy atom. The number of carbonyl (C=O) groups excluding carboxylic acids is 1. The van der Waals surface area contributed by atoms with Crippen molar-refractivity contribution in [1.82, 2.24) is 9.97 Å². The van der Waals surface area contributed by atoms with Crippen molar-refractivity contribution in [3.05, 3.63) is 84.1 Å². The Morgan fingerprint density at radius 2 is 1.57 bits per heavy atom. The minimum absolute atomic E-state index is 0.165. The van der Waals surface area contributed by atoms with Gasteiger partial charge in [0.2, 0.25) is 0 Å².